The highest BCUT2D eigenvalue weighted by molar-refractivity contribution is 6.30. The van der Waals surface area contributed by atoms with Crippen LogP contribution in [-0.2, 0) is 4.79 Å². The Morgan fingerprint density at radius 2 is 2.07 bits per heavy atom. The Labute approximate surface area is 95.4 Å². The quantitative estimate of drug-likeness (QED) is 0.658. The molecule has 1 aliphatic carbocycles. The molecule has 15 heavy (non-hydrogen) atoms. The molecule has 0 heterocycles. The second kappa shape index (κ2) is 4.80. The van der Waals surface area contributed by atoms with Crippen LogP contribution in [0.25, 0.3) is 0 Å². The largest absolute Gasteiger partial charge is 0.300 e. The van der Waals surface area contributed by atoms with Gasteiger partial charge in [0.15, 0.2) is 0 Å². The van der Waals surface area contributed by atoms with Crippen LogP contribution in [0.2, 0.25) is 5.02 Å². The van der Waals surface area contributed by atoms with Crippen LogP contribution < -0.4 is 0 Å². The molecule has 0 radical (unpaired) electrons. The van der Waals surface area contributed by atoms with Gasteiger partial charge < -0.3 is 0 Å². The second-order valence-electron chi connectivity index (χ2n) is 4.22. The van der Waals surface area contributed by atoms with Crippen molar-refractivity contribution in [1.29, 1.82) is 0 Å². The average molecular weight is 223 g/mol. The predicted octanol–water partition coefficient (Wildman–Crippen LogP) is 3.96. The van der Waals surface area contributed by atoms with Gasteiger partial charge in [-0.2, -0.15) is 0 Å². The van der Waals surface area contributed by atoms with E-state index in [0.29, 0.717) is 11.7 Å². The van der Waals surface area contributed by atoms with Crippen LogP contribution in [0.5, 0.6) is 0 Å². The van der Waals surface area contributed by atoms with Crippen LogP contribution in [0.1, 0.15) is 43.6 Å². The summed E-state index contributed by atoms with van der Waals surface area (Å²) < 4.78 is 0. The summed E-state index contributed by atoms with van der Waals surface area (Å²) in [4.78, 5) is 11.3. The molecule has 2 rings (SSSR count). The first kappa shape index (κ1) is 10.7. The van der Waals surface area contributed by atoms with E-state index in [1.54, 1.807) is 0 Å². The van der Waals surface area contributed by atoms with Crippen molar-refractivity contribution >= 4 is 17.4 Å². The van der Waals surface area contributed by atoms with Crippen molar-refractivity contribution in [2.45, 2.75) is 38.0 Å². The summed E-state index contributed by atoms with van der Waals surface area (Å²) >= 11 is 5.97. The molecule has 2 heteroatoms. The lowest BCUT2D eigenvalue weighted by Gasteiger charge is -2.13. The second-order valence-corrected chi connectivity index (χ2v) is 4.66. The number of Topliss-reactive ketones (excluding diaryl/α,β-unsaturated/α-hetero) is 1. The van der Waals surface area contributed by atoms with Gasteiger partial charge in [0.05, 0.1) is 0 Å². The first-order valence-corrected chi connectivity index (χ1v) is 5.90. The van der Waals surface area contributed by atoms with E-state index in [-0.39, 0.29) is 0 Å². The molecule has 1 unspecified atom stereocenters. The average Bonchev–Trinajstić information content (AvgIpc) is 2.43. The van der Waals surface area contributed by atoms with E-state index in [1.165, 1.54) is 5.56 Å². The van der Waals surface area contributed by atoms with Crippen molar-refractivity contribution in [3.8, 4) is 0 Å². The van der Waals surface area contributed by atoms with E-state index in [0.717, 1.165) is 37.1 Å². The predicted molar refractivity (Wildman–Crippen MR) is 62.3 cm³/mol. The molecule has 0 aromatic heterocycles. The highest BCUT2D eigenvalue weighted by atomic mass is 35.5. The zero-order valence-electron chi connectivity index (χ0n) is 8.71. The Bertz CT molecular complexity index is 359. The Hall–Kier alpha value is -0.820. The fraction of sp³-hybridized carbons (Fsp3) is 0.462. The third kappa shape index (κ3) is 2.82. The number of carbonyl (C=O) groups is 1. The van der Waals surface area contributed by atoms with Gasteiger partial charge in [0.1, 0.15) is 5.78 Å². The number of halogens is 1. The number of hydrogen-bond donors (Lipinski definition) is 0. The van der Waals surface area contributed by atoms with E-state index in [1.807, 2.05) is 18.2 Å². The molecule has 0 bridgehead atoms. The maximum atomic E-state index is 11.3. The van der Waals surface area contributed by atoms with Crippen LogP contribution >= 0.6 is 11.6 Å². The summed E-state index contributed by atoms with van der Waals surface area (Å²) in [5.74, 6) is 0.940. The van der Waals surface area contributed by atoms with Gasteiger partial charge in [-0.25, -0.2) is 0 Å². The summed E-state index contributed by atoms with van der Waals surface area (Å²) in [5.41, 5.74) is 1.29. The van der Waals surface area contributed by atoms with Crippen molar-refractivity contribution in [2.75, 3.05) is 0 Å². The molecular formula is C13H15ClO. The number of ketones is 1. The van der Waals surface area contributed by atoms with Gasteiger partial charge in [-0.05, 0) is 42.9 Å². The van der Waals surface area contributed by atoms with Crippen LogP contribution in [0.3, 0.4) is 0 Å². The van der Waals surface area contributed by atoms with Gasteiger partial charge in [-0.3, -0.25) is 4.79 Å². The fourth-order valence-corrected chi connectivity index (χ4v) is 2.44. The van der Waals surface area contributed by atoms with Crippen molar-refractivity contribution in [2.24, 2.45) is 0 Å². The summed E-state index contributed by atoms with van der Waals surface area (Å²) in [5, 5.41) is 0.795. The molecule has 80 valence electrons. The summed E-state index contributed by atoms with van der Waals surface area (Å²) in [6.45, 7) is 0. The van der Waals surface area contributed by atoms with Gasteiger partial charge in [0, 0.05) is 17.9 Å². The van der Waals surface area contributed by atoms with Crippen LogP contribution in [0.4, 0.5) is 0 Å². The molecule has 0 aliphatic heterocycles. The highest BCUT2D eigenvalue weighted by Gasteiger charge is 2.17. The molecule has 1 aromatic rings. The summed E-state index contributed by atoms with van der Waals surface area (Å²) in [7, 11) is 0. The first-order chi connectivity index (χ1) is 7.25. The maximum Gasteiger partial charge on any atom is 0.132 e. The molecule has 0 N–H and O–H groups in total. The van der Waals surface area contributed by atoms with Gasteiger partial charge in [-0.1, -0.05) is 23.7 Å². The highest BCUT2D eigenvalue weighted by Crippen LogP contribution is 2.31. The number of benzene rings is 1. The molecule has 0 spiro atoms. The van der Waals surface area contributed by atoms with Gasteiger partial charge >= 0.3 is 0 Å². The first-order valence-electron chi connectivity index (χ1n) is 5.53. The van der Waals surface area contributed by atoms with Crippen molar-refractivity contribution in [1.82, 2.24) is 0 Å². The normalized spacial score (nSPS) is 22.5. The standard InChI is InChI=1S/C13H15ClO/c14-12-5-1-4-11(9-12)10-3-2-6-13(15)8-7-10/h1,4-5,9-10H,2-3,6-8H2. The topological polar surface area (TPSA) is 17.1 Å². The minimum absolute atomic E-state index is 0.416. The molecule has 1 saturated carbocycles. The molecule has 1 aromatic carbocycles. The molecule has 1 fully saturated rings. The summed E-state index contributed by atoms with van der Waals surface area (Å²) in [6.07, 6.45) is 4.62. The molecule has 1 aliphatic rings. The van der Waals surface area contributed by atoms with E-state index >= 15 is 0 Å². The van der Waals surface area contributed by atoms with Gasteiger partial charge in [0.2, 0.25) is 0 Å². The van der Waals surface area contributed by atoms with Crippen molar-refractivity contribution < 1.29 is 4.79 Å². The third-order valence-corrected chi connectivity index (χ3v) is 3.34. The van der Waals surface area contributed by atoms with Crippen molar-refractivity contribution in [3.63, 3.8) is 0 Å². The van der Waals surface area contributed by atoms with Crippen LogP contribution in [0, 0.1) is 0 Å². The number of carbonyl (C=O) groups excluding carboxylic acids is 1. The molecule has 0 amide bonds. The Balaban J connectivity index is 2.13. The van der Waals surface area contributed by atoms with E-state index in [4.69, 9.17) is 11.6 Å². The molecule has 0 saturated heterocycles. The molecular weight excluding hydrogens is 208 g/mol. The Kier molecular flexibility index (Phi) is 3.42. The lowest BCUT2D eigenvalue weighted by molar-refractivity contribution is -0.118. The molecule has 1 atom stereocenters. The van der Waals surface area contributed by atoms with Gasteiger partial charge in [-0.15, -0.1) is 0 Å². The third-order valence-electron chi connectivity index (χ3n) is 3.10. The maximum absolute atomic E-state index is 11.3. The minimum Gasteiger partial charge on any atom is -0.300 e. The van der Waals surface area contributed by atoms with E-state index < -0.39 is 0 Å². The fourth-order valence-electron chi connectivity index (χ4n) is 2.24. The van der Waals surface area contributed by atoms with E-state index in [2.05, 4.69) is 6.07 Å². The minimum atomic E-state index is 0.416. The van der Waals surface area contributed by atoms with Crippen LogP contribution in [-0.4, -0.2) is 5.78 Å². The smallest absolute Gasteiger partial charge is 0.132 e. The number of rotatable bonds is 1. The van der Waals surface area contributed by atoms with Crippen LogP contribution in [0.15, 0.2) is 24.3 Å². The Morgan fingerprint density at radius 3 is 2.87 bits per heavy atom. The van der Waals surface area contributed by atoms with E-state index in [9.17, 15) is 4.79 Å². The zero-order valence-corrected chi connectivity index (χ0v) is 9.46. The lowest BCUT2D eigenvalue weighted by Crippen LogP contribution is -1.98. The van der Waals surface area contributed by atoms with Gasteiger partial charge in [0.25, 0.3) is 0 Å². The SMILES string of the molecule is O=C1CCCC(c2cccc(Cl)c2)CC1. The zero-order chi connectivity index (χ0) is 10.7. The number of hydrogen-bond acceptors (Lipinski definition) is 1. The lowest BCUT2D eigenvalue weighted by atomic mass is 9.92. The van der Waals surface area contributed by atoms with Crippen molar-refractivity contribution in [3.05, 3.63) is 34.9 Å². The molecule has 1 nitrogen and oxygen atoms in total. The monoisotopic (exact) mass is 222 g/mol. The Morgan fingerprint density at radius 1 is 1.20 bits per heavy atom. The summed E-state index contributed by atoms with van der Waals surface area (Å²) in [6, 6.07) is 8.03.